The van der Waals surface area contributed by atoms with Crippen LogP contribution in [0, 0.1) is 6.92 Å². The Morgan fingerprint density at radius 2 is 1.85 bits per heavy atom. The fourth-order valence-electron chi connectivity index (χ4n) is 3.02. The molecule has 1 aromatic carbocycles. The molecule has 1 atom stereocenters. The van der Waals surface area contributed by atoms with Gasteiger partial charge in [0.15, 0.2) is 0 Å². The van der Waals surface area contributed by atoms with Gasteiger partial charge < -0.3 is 25.6 Å². The molecule has 0 saturated carbocycles. The van der Waals surface area contributed by atoms with Crippen LogP contribution in [0.25, 0.3) is 0 Å². The predicted octanol–water partition coefficient (Wildman–Crippen LogP) is 2.52. The quantitative estimate of drug-likeness (QED) is 0.344. The molecule has 0 aliphatic carbocycles. The second-order valence-corrected chi connectivity index (χ2v) is 8.55. The fraction of sp³-hybridized carbons (Fsp3) is 0.333. The molecule has 4 N–H and O–H groups in total. The van der Waals surface area contributed by atoms with Gasteiger partial charge in [-0.1, -0.05) is 18.2 Å². The van der Waals surface area contributed by atoms with Crippen molar-refractivity contribution in [3.05, 3.63) is 65.3 Å². The van der Waals surface area contributed by atoms with Gasteiger partial charge in [-0.2, -0.15) is 0 Å². The number of aromatic nitrogens is 1. The normalized spacial score (nSPS) is 11.7. The number of anilines is 1. The molecule has 182 valence electrons. The van der Waals surface area contributed by atoms with E-state index in [4.69, 9.17) is 5.11 Å². The van der Waals surface area contributed by atoms with Gasteiger partial charge in [-0.15, -0.1) is 11.8 Å². The lowest BCUT2D eigenvalue weighted by Crippen LogP contribution is -2.47. The van der Waals surface area contributed by atoms with Crippen molar-refractivity contribution in [2.45, 2.75) is 39.3 Å². The predicted molar refractivity (Wildman–Crippen MR) is 132 cm³/mol. The van der Waals surface area contributed by atoms with Crippen LogP contribution in [0.2, 0.25) is 0 Å². The molecule has 0 aliphatic rings. The molecule has 34 heavy (non-hydrogen) atoms. The van der Waals surface area contributed by atoms with Gasteiger partial charge in [-0.25, -0.2) is 0 Å². The van der Waals surface area contributed by atoms with Crippen molar-refractivity contribution in [2.75, 3.05) is 17.6 Å². The summed E-state index contributed by atoms with van der Waals surface area (Å²) < 4.78 is 2.05. The Morgan fingerprint density at radius 1 is 1.12 bits per heavy atom. The number of carboxylic acids is 1. The number of amides is 3. The number of aliphatic carboxylic acids is 1. The van der Waals surface area contributed by atoms with Crippen molar-refractivity contribution in [2.24, 2.45) is 0 Å². The van der Waals surface area contributed by atoms with Crippen LogP contribution in [0.4, 0.5) is 5.69 Å². The van der Waals surface area contributed by atoms with Crippen LogP contribution in [0.15, 0.2) is 54.2 Å². The average molecular weight is 487 g/mol. The van der Waals surface area contributed by atoms with E-state index in [0.29, 0.717) is 12.2 Å². The van der Waals surface area contributed by atoms with Crippen molar-refractivity contribution in [3.8, 4) is 0 Å². The molecule has 10 heteroatoms. The Balaban J connectivity index is 1.91. The van der Waals surface area contributed by atoms with Gasteiger partial charge in [0.05, 0.1) is 12.3 Å². The summed E-state index contributed by atoms with van der Waals surface area (Å²) in [4.78, 5) is 47.7. The zero-order valence-corrected chi connectivity index (χ0v) is 20.1. The van der Waals surface area contributed by atoms with Gasteiger partial charge in [0.1, 0.15) is 6.04 Å². The number of nitrogens with one attached hydrogen (secondary N) is 3. The van der Waals surface area contributed by atoms with Gasteiger partial charge >= 0.3 is 5.97 Å². The SMILES string of the molecule is C/C=C\SCC(=O)NCC(=O)N[C@H](CCC(=O)O)C(=O)Nc1ccc(Cn2ccc(C)c2)cc1. The molecule has 0 saturated heterocycles. The molecule has 0 bridgehead atoms. The van der Waals surface area contributed by atoms with Crippen molar-refractivity contribution in [1.82, 2.24) is 15.2 Å². The third kappa shape index (κ3) is 9.95. The highest BCUT2D eigenvalue weighted by atomic mass is 32.2. The summed E-state index contributed by atoms with van der Waals surface area (Å²) in [5.41, 5.74) is 2.75. The number of carboxylic acid groups (broad SMARTS) is 1. The number of carbonyl (C=O) groups is 4. The summed E-state index contributed by atoms with van der Waals surface area (Å²) in [6.45, 7) is 4.24. The number of thioether (sulfide) groups is 1. The molecule has 0 fully saturated rings. The largest absolute Gasteiger partial charge is 0.481 e. The summed E-state index contributed by atoms with van der Waals surface area (Å²) in [7, 11) is 0. The molecule has 2 aromatic rings. The first-order chi connectivity index (χ1) is 16.3. The highest BCUT2D eigenvalue weighted by Gasteiger charge is 2.22. The standard InChI is InChI=1S/C24H30N4O5S/c1-3-12-34-16-22(30)25-13-21(29)27-20(8-9-23(31)32)24(33)26-19-6-4-18(5-7-19)15-28-11-10-17(2)14-28/h3-7,10-12,14,20H,8-9,13,15-16H2,1-2H3,(H,25,30)(H,26,33)(H,27,29)(H,31,32)/b12-3-/t20-/m1/s1. The second kappa shape index (κ2) is 13.9. The molecule has 9 nitrogen and oxygen atoms in total. The minimum atomic E-state index is -1.08. The van der Waals surface area contributed by atoms with Crippen LogP contribution < -0.4 is 16.0 Å². The van der Waals surface area contributed by atoms with Crippen molar-refractivity contribution in [3.63, 3.8) is 0 Å². The first-order valence-electron chi connectivity index (χ1n) is 10.8. The highest BCUT2D eigenvalue weighted by molar-refractivity contribution is 8.02. The van der Waals surface area contributed by atoms with Gasteiger partial charge in [-0.3, -0.25) is 19.2 Å². The van der Waals surface area contributed by atoms with E-state index in [9.17, 15) is 19.2 Å². The molecule has 1 heterocycles. The Morgan fingerprint density at radius 3 is 2.47 bits per heavy atom. The third-order valence-electron chi connectivity index (χ3n) is 4.68. The molecule has 3 amide bonds. The van der Waals surface area contributed by atoms with Gasteiger partial charge in [0.25, 0.3) is 0 Å². The van der Waals surface area contributed by atoms with Gasteiger partial charge in [0.2, 0.25) is 17.7 Å². The number of nitrogens with zero attached hydrogens (tertiary/aromatic N) is 1. The fourth-order valence-corrected chi connectivity index (χ4v) is 3.57. The Bertz CT molecular complexity index is 1020. The van der Waals surface area contributed by atoms with E-state index in [1.54, 1.807) is 23.6 Å². The van der Waals surface area contributed by atoms with Crippen LogP contribution in [0.3, 0.4) is 0 Å². The van der Waals surface area contributed by atoms with Crippen LogP contribution in [-0.2, 0) is 25.7 Å². The smallest absolute Gasteiger partial charge is 0.303 e. The first-order valence-corrected chi connectivity index (χ1v) is 11.8. The molecule has 1 aromatic heterocycles. The molecule has 2 rings (SSSR count). The number of hydrogen-bond acceptors (Lipinski definition) is 5. The number of allylic oxidation sites excluding steroid dienone is 1. The van der Waals surface area contributed by atoms with Crippen LogP contribution in [-0.4, -0.2) is 51.7 Å². The Hall–Kier alpha value is -3.53. The zero-order valence-electron chi connectivity index (χ0n) is 19.2. The maximum Gasteiger partial charge on any atom is 0.303 e. The second-order valence-electron chi connectivity index (χ2n) is 7.66. The number of aryl methyl sites for hydroxylation is 1. The molecule has 0 unspecified atom stereocenters. The van der Waals surface area contributed by atoms with Crippen LogP contribution in [0.1, 0.15) is 30.9 Å². The molecule has 0 spiro atoms. The van der Waals surface area contributed by atoms with E-state index in [2.05, 4.69) is 20.5 Å². The minimum absolute atomic E-state index is 0.0803. The zero-order chi connectivity index (χ0) is 24.9. The van der Waals surface area contributed by atoms with Crippen LogP contribution >= 0.6 is 11.8 Å². The monoisotopic (exact) mass is 486 g/mol. The third-order valence-corrected chi connectivity index (χ3v) is 5.57. The Labute approximate surface area is 203 Å². The number of hydrogen-bond donors (Lipinski definition) is 4. The molecule has 0 radical (unpaired) electrons. The summed E-state index contributed by atoms with van der Waals surface area (Å²) in [5.74, 6) is -2.34. The lowest BCUT2D eigenvalue weighted by molar-refractivity contribution is -0.137. The summed E-state index contributed by atoms with van der Waals surface area (Å²) in [6.07, 6.45) is 5.45. The summed E-state index contributed by atoms with van der Waals surface area (Å²) in [5, 5.41) is 18.4. The number of carbonyl (C=O) groups excluding carboxylic acids is 3. The number of benzene rings is 1. The van der Waals surface area contributed by atoms with Gasteiger partial charge in [-0.05, 0) is 55.0 Å². The van der Waals surface area contributed by atoms with E-state index in [1.807, 2.05) is 44.4 Å². The molecular formula is C24H30N4O5S. The van der Waals surface area contributed by atoms with E-state index >= 15 is 0 Å². The van der Waals surface area contributed by atoms with E-state index < -0.39 is 23.8 Å². The summed E-state index contributed by atoms with van der Waals surface area (Å²) in [6, 6.07) is 8.24. The molecule has 0 aliphatic heterocycles. The van der Waals surface area contributed by atoms with Crippen LogP contribution in [0.5, 0.6) is 0 Å². The van der Waals surface area contributed by atoms with Crippen molar-refractivity contribution in [1.29, 1.82) is 0 Å². The average Bonchev–Trinajstić information content (AvgIpc) is 3.21. The maximum atomic E-state index is 12.7. The Kier molecular flexibility index (Phi) is 10.9. The number of rotatable bonds is 13. The first kappa shape index (κ1) is 26.7. The lowest BCUT2D eigenvalue weighted by atomic mass is 10.1. The summed E-state index contributed by atoms with van der Waals surface area (Å²) >= 11 is 1.29. The lowest BCUT2D eigenvalue weighted by Gasteiger charge is -2.18. The van der Waals surface area contributed by atoms with E-state index in [1.165, 1.54) is 17.3 Å². The molecular weight excluding hydrogens is 456 g/mol. The topological polar surface area (TPSA) is 130 Å². The van der Waals surface area contributed by atoms with E-state index in [0.717, 1.165) is 5.56 Å². The van der Waals surface area contributed by atoms with Gasteiger partial charge in [0, 0.05) is 31.0 Å². The maximum absolute atomic E-state index is 12.7. The van der Waals surface area contributed by atoms with Crippen molar-refractivity contribution < 1.29 is 24.3 Å². The minimum Gasteiger partial charge on any atom is -0.481 e. The van der Waals surface area contributed by atoms with E-state index in [-0.39, 0.29) is 31.0 Å². The van der Waals surface area contributed by atoms with Crippen molar-refractivity contribution >= 4 is 41.1 Å². The highest BCUT2D eigenvalue weighted by Crippen LogP contribution is 2.13.